The van der Waals surface area contributed by atoms with Gasteiger partial charge in [0.1, 0.15) is 78.8 Å². The number of halogens is 2. The maximum absolute atomic E-state index is 13.1. The molecule has 6 amide bonds. The molecule has 0 radical (unpaired) electrons. The Balaban J connectivity index is 0.000000195. The van der Waals surface area contributed by atoms with Crippen LogP contribution in [0.3, 0.4) is 0 Å². The Kier molecular flexibility index (Phi) is 37.9. The molecule has 0 aliphatic carbocycles. The lowest BCUT2D eigenvalue weighted by Gasteiger charge is -2.40. The smallest absolute Gasteiger partial charge is 0.408 e. The van der Waals surface area contributed by atoms with Crippen LogP contribution in [0.2, 0.25) is 10.0 Å². The molecule has 7 atom stereocenters. The highest BCUT2D eigenvalue weighted by atomic mass is 35.5. The summed E-state index contributed by atoms with van der Waals surface area (Å²) in [5.74, 6) is 0.473. The maximum Gasteiger partial charge on any atom is 0.408 e. The predicted octanol–water partition coefficient (Wildman–Crippen LogP) is 9.02. The zero-order chi connectivity index (χ0) is 84.6. The Morgan fingerprint density at radius 2 is 0.821 bits per heavy atom. The molecule has 117 heavy (non-hydrogen) atoms. The van der Waals surface area contributed by atoms with Gasteiger partial charge in [-0.1, -0.05) is 77.8 Å². The zero-order valence-electron chi connectivity index (χ0n) is 67.9. The number of aliphatic hydroxyl groups is 4. The summed E-state index contributed by atoms with van der Waals surface area (Å²) >= 11 is 12.0. The van der Waals surface area contributed by atoms with Gasteiger partial charge >= 0.3 is 18.2 Å². The number of nitrogens with zero attached hydrogens (tertiary/aromatic N) is 4. The third kappa shape index (κ3) is 31.9. The molecule has 0 spiro atoms. The molecule has 0 saturated carbocycles. The Bertz CT molecular complexity index is 3880. The lowest BCUT2D eigenvalue weighted by molar-refractivity contribution is -0.165. The number of alkyl carbamates (subject to hydrolysis) is 2. The number of nitrogens with one attached hydrogen (secondary N) is 3. The van der Waals surface area contributed by atoms with Crippen molar-refractivity contribution in [2.24, 2.45) is 0 Å². The summed E-state index contributed by atoms with van der Waals surface area (Å²) in [4.78, 5) is 93.3. The van der Waals surface area contributed by atoms with Gasteiger partial charge in [-0.05, 0) is 195 Å². The lowest BCUT2D eigenvalue weighted by Crippen LogP contribution is -2.57. The van der Waals surface area contributed by atoms with E-state index in [0.29, 0.717) is 102 Å². The van der Waals surface area contributed by atoms with Crippen molar-refractivity contribution in [1.29, 1.82) is 0 Å². The second-order valence-electron chi connectivity index (χ2n) is 30.6. The number of β-amino-alcohol motifs (C(OH)–C–C–N with tert-alkyl or cyclic N) is 3. The molecule has 33 heteroatoms. The molecule has 8 N–H and O–H groups in total. The molecule has 0 aromatic heterocycles. The third-order valence-electron chi connectivity index (χ3n) is 18.8. The summed E-state index contributed by atoms with van der Waals surface area (Å²) in [7, 11) is 3.34. The number of ether oxygens (including phenoxy) is 12. The summed E-state index contributed by atoms with van der Waals surface area (Å²) in [6.07, 6.45) is 6.08. The van der Waals surface area contributed by atoms with Crippen molar-refractivity contribution in [2.75, 3.05) is 126 Å². The number of hydrogen-bond acceptors (Lipinski definition) is 24. The average molecular weight is 1680 g/mol. The Morgan fingerprint density at radius 1 is 0.470 bits per heavy atom. The monoisotopic (exact) mass is 1680 g/mol. The van der Waals surface area contributed by atoms with Crippen LogP contribution in [0.4, 0.5) is 9.59 Å². The number of amides is 6. The molecule has 6 heterocycles. The molecule has 3 unspecified atom stereocenters. The molecule has 31 nitrogen and oxygen atoms in total. The summed E-state index contributed by atoms with van der Waals surface area (Å²) in [5.41, 5.74) is 1.79. The lowest BCUT2D eigenvalue weighted by atomic mass is 10.0. The van der Waals surface area contributed by atoms with Gasteiger partial charge in [0.05, 0.1) is 61.2 Å². The highest BCUT2D eigenvalue weighted by Gasteiger charge is 2.40. The molecule has 6 aliphatic rings. The number of aliphatic hydroxyl groups excluding tert-OH is 4. The first-order valence-corrected chi connectivity index (χ1v) is 40.4. The van der Waals surface area contributed by atoms with Gasteiger partial charge < -0.3 is 118 Å². The molecule has 6 aliphatic heterocycles. The summed E-state index contributed by atoms with van der Waals surface area (Å²) in [5, 5.41) is 55.6. The van der Waals surface area contributed by atoms with Gasteiger partial charge in [-0.2, -0.15) is 0 Å². The number of aliphatic carboxylic acids is 1. The second-order valence-corrected chi connectivity index (χ2v) is 31.5. The van der Waals surface area contributed by atoms with E-state index in [9.17, 15) is 54.0 Å². The minimum Gasteiger partial charge on any atom is -0.491 e. The highest BCUT2D eigenvalue weighted by Crippen LogP contribution is 2.31. The fraction of sp³-hybridized carbons (Fsp3) is 0.560. The van der Waals surface area contributed by atoms with Crippen LogP contribution in [0.25, 0.3) is 0 Å². The van der Waals surface area contributed by atoms with E-state index < -0.39 is 71.8 Å². The number of carboxylic acid groups (broad SMARTS) is 1. The van der Waals surface area contributed by atoms with Crippen LogP contribution >= 0.6 is 23.2 Å². The van der Waals surface area contributed by atoms with Crippen molar-refractivity contribution in [3.05, 3.63) is 153 Å². The van der Waals surface area contributed by atoms with Crippen LogP contribution < -0.4 is 34.9 Å². The number of rotatable bonds is 32. The molecule has 644 valence electrons. The third-order valence-corrected chi connectivity index (χ3v) is 19.5. The molecule has 5 aromatic rings. The van der Waals surface area contributed by atoms with Crippen LogP contribution in [0.5, 0.6) is 23.0 Å². The van der Waals surface area contributed by atoms with Gasteiger partial charge in [-0.25, -0.2) is 14.4 Å². The molecule has 6 saturated heterocycles. The molecular weight excluding hydrogens is 1560 g/mol. The number of carbonyl (C=O) groups excluding carboxylic acids is 6. The largest absolute Gasteiger partial charge is 0.491 e. The quantitative estimate of drug-likeness (QED) is 0.0186. The summed E-state index contributed by atoms with van der Waals surface area (Å²) in [6.45, 7) is 17.0. The number of benzene rings is 5. The normalized spacial score (nSPS) is 18.6. The SMILES string of the molecule is CC(C)(C)OC(=O)N[C@H](C(=O)N1CC(O)C1)c1ccc(OCCOC2CCCCO2)cc1.CC(C)(C)OC(=O)N[C@H](C(=O)O)c1ccc(OCCOC2CCCCO2)cc1.CN(C(=O)Cc1ccc(Cl)c(Cl)c1)[C@H](C(=O)N1CC(O)C1)c1ccc(OCCO)cc1.CN[C@H](C(=O)N1CC(O)C1)c1ccc(OCCOC2CCCCO2)cc1. The van der Waals surface area contributed by atoms with Gasteiger partial charge in [-0.15, -0.1) is 0 Å². The van der Waals surface area contributed by atoms with E-state index in [1.54, 1.807) is 152 Å². The number of carbonyl (C=O) groups is 7. The van der Waals surface area contributed by atoms with E-state index in [4.69, 9.17) is 85.2 Å². The number of carboxylic acids is 1. The highest BCUT2D eigenvalue weighted by molar-refractivity contribution is 6.42. The van der Waals surface area contributed by atoms with E-state index in [1.807, 2.05) is 24.3 Å². The standard InChI is InChI=1S/C23H34N2O7.C22H24Cl2N2O5.C20H29NO7.C19H28N2O5/c1-23(2,3)32-22(28)24-20(21(27)25-14-17(26)15-25)16-7-9-18(10-8-16)29-12-13-31-19-6-4-5-11-30-19;1-25(20(29)11-14-2-7-18(23)19(24)10-14)21(22(30)26-12-16(28)13-26)15-3-5-17(6-4-15)31-9-8-27;1-20(2,3)28-19(24)21-17(18(22)23)14-7-9-15(10-8-14)25-12-13-27-16-6-4-5-11-26-16;1-20-18(19(23)21-12-15(22)13-21)14-5-7-16(8-6-14)24-10-11-26-17-4-2-3-9-25-17/h7-10,17,19-20,26H,4-6,11-15H2,1-3H3,(H,24,28);2-7,10,16,21,27-28H,8-9,11-13H2,1H3;7-10,16-17H,4-6,11-13H2,1-3H3,(H,21,24)(H,22,23);5-8,15,17-18,20,22H,2-4,9-13H2,1H3/t19?,20-;21-;16?,17-;17?,18-/m0000/s1. The molecule has 5 aromatic carbocycles. The molecule has 6 fully saturated rings. The van der Waals surface area contributed by atoms with E-state index >= 15 is 0 Å². The summed E-state index contributed by atoms with van der Waals surface area (Å²) in [6, 6.07) is 29.3. The van der Waals surface area contributed by atoms with Crippen molar-refractivity contribution in [3.8, 4) is 23.0 Å². The number of likely N-dealkylation sites (tertiary alicyclic amines) is 3. The van der Waals surface area contributed by atoms with E-state index in [2.05, 4.69) is 16.0 Å². The van der Waals surface area contributed by atoms with E-state index in [-0.39, 0.29) is 88.3 Å². The second kappa shape index (κ2) is 47.2. The minimum atomic E-state index is -1.21. The van der Waals surface area contributed by atoms with Gasteiger partial charge in [0.25, 0.3) is 0 Å². The van der Waals surface area contributed by atoms with Gasteiger partial charge in [0.15, 0.2) is 24.9 Å². The first-order chi connectivity index (χ1) is 55.9. The predicted molar refractivity (Wildman–Crippen MR) is 431 cm³/mol. The van der Waals surface area contributed by atoms with Crippen LogP contribution in [0.1, 0.15) is 151 Å². The van der Waals surface area contributed by atoms with Crippen molar-refractivity contribution < 1.29 is 116 Å². The first-order valence-electron chi connectivity index (χ1n) is 39.6. The van der Waals surface area contributed by atoms with Gasteiger partial charge in [0, 0.05) is 66.1 Å². The average Bonchev–Trinajstić information content (AvgIpc) is 0.831. The zero-order valence-corrected chi connectivity index (χ0v) is 69.4. The van der Waals surface area contributed by atoms with Crippen LogP contribution in [-0.2, 0) is 68.3 Å². The van der Waals surface area contributed by atoms with Crippen molar-refractivity contribution in [2.45, 2.75) is 178 Å². The number of hydrogen-bond donors (Lipinski definition) is 8. The Labute approximate surface area is 693 Å². The van der Waals surface area contributed by atoms with Crippen molar-refractivity contribution in [1.82, 2.24) is 35.6 Å². The minimum absolute atomic E-state index is 0.0210. The van der Waals surface area contributed by atoms with Crippen LogP contribution in [0, 0.1) is 0 Å². The van der Waals surface area contributed by atoms with Gasteiger partial charge in [0.2, 0.25) is 23.6 Å². The molecule has 0 bridgehead atoms. The molecular formula is C84H115Cl2N7O24. The maximum atomic E-state index is 13.1. The topological polar surface area (TPSA) is 380 Å². The Hall–Kier alpha value is -8.67. The fourth-order valence-corrected chi connectivity index (χ4v) is 13.0. The fourth-order valence-electron chi connectivity index (χ4n) is 12.7. The number of likely N-dealkylation sites (N-methyl/N-ethyl adjacent to an activating group) is 2. The van der Waals surface area contributed by atoms with E-state index in [1.165, 1.54) is 14.7 Å². The van der Waals surface area contributed by atoms with Crippen molar-refractivity contribution >= 4 is 65.0 Å². The Morgan fingerprint density at radius 3 is 1.16 bits per heavy atom. The first kappa shape index (κ1) is 93.8. The van der Waals surface area contributed by atoms with Crippen molar-refractivity contribution in [3.63, 3.8) is 0 Å². The van der Waals surface area contributed by atoms with E-state index in [0.717, 1.165) is 88.9 Å². The van der Waals surface area contributed by atoms with Crippen LogP contribution in [-0.4, -0.2) is 261 Å². The van der Waals surface area contributed by atoms with Gasteiger partial charge in [-0.3, -0.25) is 19.2 Å². The summed E-state index contributed by atoms with van der Waals surface area (Å²) < 4.78 is 66.2. The molecule has 11 rings (SSSR count). The van der Waals surface area contributed by atoms with Crippen LogP contribution in [0.15, 0.2) is 115 Å².